The predicted octanol–water partition coefficient (Wildman–Crippen LogP) is 2.05. The molecule has 24 heavy (non-hydrogen) atoms. The fourth-order valence-corrected chi connectivity index (χ4v) is 3.12. The van der Waals surface area contributed by atoms with Crippen LogP contribution in [0.2, 0.25) is 0 Å². The zero-order chi connectivity index (χ0) is 17.2. The van der Waals surface area contributed by atoms with Crippen molar-refractivity contribution < 1.29 is 4.74 Å². The Hall–Kier alpha value is -1.59. The Morgan fingerprint density at radius 1 is 1.38 bits per heavy atom. The summed E-state index contributed by atoms with van der Waals surface area (Å²) in [5, 5.41) is 3.43. The van der Waals surface area contributed by atoms with Gasteiger partial charge in [0.1, 0.15) is 0 Å². The van der Waals surface area contributed by atoms with E-state index in [-0.39, 0.29) is 0 Å². The molecule has 0 aromatic heterocycles. The molecule has 1 aliphatic heterocycles. The normalized spacial score (nSPS) is 18.4. The van der Waals surface area contributed by atoms with Crippen molar-refractivity contribution in [2.24, 2.45) is 10.9 Å². The zero-order valence-corrected chi connectivity index (χ0v) is 15.4. The van der Waals surface area contributed by atoms with Gasteiger partial charge in [-0.25, -0.2) is 0 Å². The highest BCUT2D eigenvalue weighted by Gasteiger charge is 2.24. The summed E-state index contributed by atoms with van der Waals surface area (Å²) < 4.78 is 5.29. The third-order valence-electron chi connectivity index (χ3n) is 4.36. The summed E-state index contributed by atoms with van der Waals surface area (Å²) >= 11 is 0. The summed E-state index contributed by atoms with van der Waals surface area (Å²) in [6, 6.07) is 10.6. The van der Waals surface area contributed by atoms with Crippen molar-refractivity contribution in [3.8, 4) is 0 Å². The lowest BCUT2D eigenvalue weighted by molar-refractivity contribution is 0.157. The molecular weight excluding hydrogens is 300 g/mol. The van der Waals surface area contributed by atoms with Gasteiger partial charge in [0.15, 0.2) is 5.96 Å². The molecule has 1 atom stereocenters. The van der Waals surface area contributed by atoms with Gasteiger partial charge in [-0.3, -0.25) is 4.99 Å². The van der Waals surface area contributed by atoms with E-state index >= 15 is 0 Å². The molecule has 1 fully saturated rings. The van der Waals surface area contributed by atoms with Gasteiger partial charge >= 0.3 is 0 Å². The number of nitrogens with zero attached hydrogens (tertiary/aromatic N) is 3. The summed E-state index contributed by atoms with van der Waals surface area (Å²) in [5.41, 5.74) is 1.35. The number of aliphatic imine (C=N–C) groups is 1. The first-order chi connectivity index (χ1) is 11.7. The number of likely N-dealkylation sites (N-methyl/N-ethyl adjacent to an activating group) is 1. The molecular formula is C19H32N4O. The van der Waals surface area contributed by atoms with Crippen LogP contribution in [0.4, 0.5) is 0 Å². The fourth-order valence-electron chi connectivity index (χ4n) is 3.12. The Morgan fingerprint density at radius 2 is 2.17 bits per heavy atom. The van der Waals surface area contributed by atoms with Gasteiger partial charge in [0.05, 0.1) is 13.2 Å². The van der Waals surface area contributed by atoms with Crippen LogP contribution < -0.4 is 5.32 Å². The predicted molar refractivity (Wildman–Crippen MR) is 100 cm³/mol. The maximum atomic E-state index is 5.29. The minimum atomic E-state index is 0.625. The van der Waals surface area contributed by atoms with E-state index in [9.17, 15) is 0 Å². The monoisotopic (exact) mass is 332 g/mol. The van der Waals surface area contributed by atoms with Crippen LogP contribution >= 0.6 is 0 Å². The summed E-state index contributed by atoms with van der Waals surface area (Å²) in [7, 11) is 3.93. The first kappa shape index (κ1) is 18.7. The van der Waals surface area contributed by atoms with E-state index in [4.69, 9.17) is 9.73 Å². The van der Waals surface area contributed by atoms with Crippen molar-refractivity contribution in [2.45, 2.75) is 19.9 Å². The SMILES string of the molecule is CCNC(=NCCN(C)Cc1ccccc1)N1CCC(COC)C1. The first-order valence-corrected chi connectivity index (χ1v) is 8.97. The number of rotatable bonds is 8. The summed E-state index contributed by atoms with van der Waals surface area (Å²) in [5.74, 6) is 1.67. The van der Waals surface area contributed by atoms with Crippen LogP contribution in [0.15, 0.2) is 35.3 Å². The highest BCUT2D eigenvalue weighted by molar-refractivity contribution is 5.80. The van der Waals surface area contributed by atoms with Crippen molar-refractivity contribution in [3.63, 3.8) is 0 Å². The third-order valence-corrected chi connectivity index (χ3v) is 4.36. The van der Waals surface area contributed by atoms with Gasteiger partial charge in [-0.2, -0.15) is 0 Å². The number of nitrogens with one attached hydrogen (secondary N) is 1. The zero-order valence-electron chi connectivity index (χ0n) is 15.4. The van der Waals surface area contributed by atoms with Crippen molar-refractivity contribution in [2.75, 3.05) is 53.5 Å². The Bertz CT molecular complexity index is 491. The molecule has 1 saturated heterocycles. The van der Waals surface area contributed by atoms with Crippen LogP contribution in [0.5, 0.6) is 0 Å². The lowest BCUT2D eigenvalue weighted by atomic mass is 10.1. The lowest BCUT2D eigenvalue weighted by Gasteiger charge is -2.22. The molecule has 0 aliphatic carbocycles. The second-order valence-corrected chi connectivity index (χ2v) is 6.52. The third kappa shape index (κ3) is 6.13. The maximum absolute atomic E-state index is 5.29. The van der Waals surface area contributed by atoms with Gasteiger partial charge in [-0.15, -0.1) is 0 Å². The number of guanidine groups is 1. The molecule has 0 saturated carbocycles. The quantitative estimate of drug-likeness (QED) is 0.584. The van der Waals surface area contributed by atoms with Crippen LogP contribution in [-0.4, -0.2) is 69.2 Å². The number of hydrogen-bond donors (Lipinski definition) is 1. The van der Waals surface area contributed by atoms with Crippen LogP contribution in [0.3, 0.4) is 0 Å². The van der Waals surface area contributed by atoms with Crippen molar-refractivity contribution in [3.05, 3.63) is 35.9 Å². The van der Waals surface area contributed by atoms with E-state index in [0.717, 1.165) is 51.8 Å². The van der Waals surface area contributed by atoms with Crippen molar-refractivity contribution in [1.29, 1.82) is 0 Å². The highest BCUT2D eigenvalue weighted by Crippen LogP contribution is 2.16. The second-order valence-electron chi connectivity index (χ2n) is 6.52. The minimum Gasteiger partial charge on any atom is -0.384 e. The number of ether oxygens (including phenoxy) is 1. The van der Waals surface area contributed by atoms with E-state index in [1.54, 1.807) is 7.11 Å². The molecule has 1 heterocycles. The van der Waals surface area contributed by atoms with E-state index < -0.39 is 0 Å². The molecule has 0 amide bonds. The van der Waals surface area contributed by atoms with Crippen LogP contribution in [0, 0.1) is 5.92 Å². The average Bonchev–Trinajstić information content (AvgIpc) is 3.04. The summed E-state index contributed by atoms with van der Waals surface area (Å²) in [6.45, 7) is 8.72. The molecule has 0 bridgehead atoms. The largest absolute Gasteiger partial charge is 0.384 e. The standard InChI is InChI=1S/C19H32N4O/c1-4-20-19(23-12-10-18(15-23)16-24-3)21-11-13-22(2)14-17-8-6-5-7-9-17/h5-9,18H,4,10-16H2,1-3H3,(H,20,21). The van der Waals surface area contributed by atoms with Gasteiger partial charge in [-0.05, 0) is 26.0 Å². The molecule has 1 aliphatic rings. The van der Waals surface area contributed by atoms with Gasteiger partial charge in [0.25, 0.3) is 0 Å². The molecule has 1 aromatic carbocycles. The van der Waals surface area contributed by atoms with E-state index in [1.165, 1.54) is 12.0 Å². The molecule has 0 radical (unpaired) electrons. The van der Waals surface area contributed by atoms with Crippen LogP contribution in [0.1, 0.15) is 18.9 Å². The van der Waals surface area contributed by atoms with E-state index in [2.05, 4.69) is 59.4 Å². The Kier molecular flexibility index (Phi) is 8.05. The smallest absolute Gasteiger partial charge is 0.193 e. The number of methoxy groups -OCH3 is 1. The van der Waals surface area contributed by atoms with Gasteiger partial charge in [-0.1, -0.05) is 30.3 Å². The first-order valence-electron chi connectivity index (χ1n) is 8.97. The van der Waals surface area contributed by atoms with Gasteiger partial charge in [0, 0.05) is 45.8 Å². The lowest BCUT2D eigenvalue weighted by Crippen LogP contribution is -2.40. The second kappa shape index (κ2) is 10.3. The molecule has 1 aromatic rings. The van der Waals surface area contributed by atoms with Crippen molar-refractivity contribution >= 4 is 5.96 Å². The molecule has 2 rings (SSSR count). The summed E-state index contributed by atoms with van der Waals surface area (Å²) in [6.07, 6.45) is 1.19. The Balaban J connectivity index is 1.80. The highest BCUT2D eigenvalue weighted by atomic mass is 16.5. The van der Waals surface area contributed by atoms with E-state index in [0.29, 0.717) is 5.92 Å². The Labute approximate surface area is 146 Å². The molecule has 1 N–H and O–H groups in total. The van der Waals surface area contributed by atoms with Gasteiger partial charge in [0.2, 0.25) is 0 Å². The Morgan fingerprint density at radius 3 is 2.88 bits per heavy atom. The minimum absolute atomic E-state index is 0.625. The van der Waals surface area contributed by atoms with E-state index in [1.807, 2.05) is 0 Å². The molecule has 5 nitrogen and oxygen atoms in total. The molecule has 5 heteroatoms. The fraction of sp³-hybridized carbons (Fsp3) is 0.632. The van der Waals surface area contributed by atoms with Crippen LogP contribution in [0.25, 0.3) is 0 Å². The molecule has 1 unspecified atom stereocenters. The number of hydrogen-bond acceptors (Lipinski definition) is 3. The van der Waals surface area contributed by atoms with Crippen LogP contribution in [-0.2, 0) is 11.3 Å². The van der Waals surface area contributed by atoms with Crippen molar-refractivity contribution in [1.82, 2.24) is 15.1 Å². The van der Waals surface area contributed by atoms with Gasteiger partial charge < -0.3 is 19.9 Å². The maximum Gasteiger partial charge on any atom is 0.193 e. The number of likely N-dealkylation sites (tertiary alicyclic amines) is 1. The topological polar surface area (TPSA) is 40.1 Å². The summed E-state index contributed by atoms with van der Waals surface area (Å²) in [4.78, 5) is 9.51. The number of benzene rings is 1. The average molecular weight is 332 g/mol. The molecule has 134 valence electrons. The molecule has 0 spiro atoms.